The van der Waals surface area contributed by atoms with Crippen LogP contribution in [0.4, 0.5) is 0 Å². The largest absolute Gasteiger partial charge is 0.484 e. The minimum absolute atomic E-state index is 0.179. The number of nitrogens with zero attached hydrogens (tertiary/aromatic N) is 3. The van der Waals surface area contributed by atoms with Crippen molar-refractivity contribution < 1.29 is 33.8 Å². The summed E-state index contributed by atoms with van der Waals surface area (Å²) in [5.41, 5.74) is 4.54. The van der Waals surface area contributed by atoms with Crippen LogP contribution in [0.25, 0.3) is 10.2 Å². The van der Waals surface area contributed by atoms with Crippen LogP contribution in [0.5, 0.6) is 5.75 Å². The number of aromatic nitrogens is 1. The predicted octanol–water partition coefficient (Wildman–Crippen LogP) is 2.24. The van der Waals surface area contributed by atoms with E-state index in [0.717, 1.165) is 34.2 Å². The molecule has 0 radical (unpaired) electrons. The second-order valence-electron chi connectivity index (χ2n) is 14.1. The van der Waals surface area contributed by atoms with E-state index in [1.54, 1.807) is 40.7 Å². The quantitative estimate of drug-likeness (QED) is 0.234. The number of ether oxygens (including phenoxy) is 1. The molecule has 53 heavy (non-hydrogen) atoms. The van der Waals surface area contributed by atoms with Crippen LogP contribution in [0.1, 0.15) is 47.2 Å². The number of carbonyl (C=O) groups excluding carboxylic acids is 5. The van der Waals surface area contributed by atoms with Crippen molar-refractivity contribution >= 4 is 51.1 Å². The minimum Gasteiger partial charge on any atom is -0.484 e. The molecule has 0 spiro atoms. The molecule has 3 aromatic carbocycles. The molecule has 1 saturated heterocycles. The summed E-state index contributed by atoms with van der Waals surface area (Å²) in [6.45, 7) is 1.36. The highest BCUT2D eigenvalue weighted by molar-refractivity contribution is 7.16. The maximum absolute atomic E-state index is 14.3. The highest BCUT2D eigenvalue weighted by Gasteiger charge is 2.40. The molecule has 5 amide bonds. The number of likely N-dealkylation sites (tertiary alicyclic amines) is 1. The lowest BCUT2D eigenvalue weighted by Gasteiger charge is -2.30. The van der Waals surface area contributed by atoms with E-state index in [4.69, 9.17) is 4.74 Å². The Kier molecular flexibility index (Phi) is 10.7. The lowest BCUT2D eigenvalue weighted by Crippen LogP contribution is -2.58. The lowest BCUT2D eigenvalue weighted by molar-refractivity contribution is -0.143. The minimum atomic E-state index is -1.31. The van der Waals surface area contributed by atoms with Crippen molar-refractivity contribution in [3.8, 4) is 5.75 Å². The number of thiazole rings is 1. The third-order valence-corrected chi connectivity index (χ3v) is 10.8. The fourth-order valence-corrected chi connectivity index (χ4v) is 7.67. The highest BCUT2D eigenvalue weighted by Crippen LogP contribution is 2.32. The molecule has 1 aromatic heterocycles. The fraction of sp³-hybridized carbons (Fsp3) is 0.385. The molecular formula is C39H42N6O7S. The summed E-state index contributed by atoms with van der Waals surface area (Å²) in [5, 5.41) is 19.2. The molecule has 3 heterocycles. The molecule has 7 rings (SSSR count). The number of aliphatic hydroxyl groups is 1. The van der Waals surface area contributed by atoms with Crippen molar-refractivity contribution in [3.63, 3.8) is 0 Å². The van der Waals surface area contributed by atoms with Crippen LogP contribution in [-0.2, 0) is 25.6 Å². The summed E-state index contributed by atoms with van der Waals surface area (Å²) in [5.74, 6) is -2.19. The fourth-order valence-electron chi connectivity index (χ4n) is 7.01. The Hall–Kier alpha value is -5.34. The molecule has 3 aliphatic rings. The number of hydrogen-bond acceptors (Lipinski definition) is 9. The molecule has 276 valence electrons. The van der Waals surface area contributed by atoms with E-state index in [2.05, 4.69) is 20.9 Å². The Bertz CT molecular complexity index is 2000. The van der Waals surface area contributed by atoms with Crippen molar-refractivity contribution in [3.05, 3.63) is 95.0 Å². The monoisotopic (exact) mass is 738 g/mol. The van der Waals surface area contributed by atoms with Crippen molar-refractivity contribution in [2.24, 2.45) is 5.92 Å². The first-order chi connectivity index (χ1) is 25.6. The molecule has 2 bridgehead atoms. The number of aliphatic hydroxyl groups excluding tert-OH is 1. The van der Waals surface area contributed by atoms with Gasteiger partial charge < -0.3 is 35.6 Å². The van der Waals surface area contributed by atoms with Crippen LogP contribution in [0.15, 0.2) is 78.3 Å². The maximum atomic E-state index is 14.3. The lowest BCUT2D eigenvalue weighted by atomic mass is 9.93. The molecule has 13 nitrogen and oxygen atoms in total. The summed E-state index contributed by atoms with van der Waals surface area (Å²) in [4.78, 5) is 76.2. The van der Waals surface area contributed by atoms with E-state index >= 15 is 0 Å². The Labute approximate surface area is 310 Å². The van der Waals surface area contributed by atoms with Gasteiger partial charge in [0.25, 0.3) is 11.8 Å². The first-order valence-corrected chi connectivity index (χ1v) is 18.7. The van der Waals surface area contributed by atoms with Gasteiger partial charge in [-0.15, -0.1) is 11.3 Å². The Morgan fingerprint density at radius 2 is 1.77 bits per heavy atom. The van der Waals surface area contributed by atoms with Gasteiger partial charge in [-0.3, -0.25) is 24.0 Å². The van der Waals surface area contributed by atoms with Crippen LogP contribution in [0.2, 0.25) is 0 Å². The topological polar surface area (TPSA) is 170 Å². The van der Waals surface area contributed by atoms with Gasteiger partial charge >= 0.3 is 0 Å². The average Bonchev–Trinajstić information content (AvgIpc) is 3.67. The second-order valence-corrected chi connectivity index (χ2v) is 15.0. The Morgan fingerprint density at radius 3 is 2.55 bits per heavy atom. The van der Waals surface area contributed by atoms with E-state index in [-0.39, 0.29) is 50.3 Å². The average molecular weight is 739 g/mol. The van der Waals surface area contributed by atoms with Gasteiger partial charge in [0.05, 0.1) is 34.4 Å². The number of amides is 5. The molecule has 2 aliphatic heterocycles. The third kappa shape index (κ3) is 8.66. The van der Waals surface area contributed by atoms with Crippen LogP contribution in [-0.4, -0.2) is 106 Å². The van der Waals surface area contributed by atoms with Gasteiger partial charge in [0, 0.05) is 37.5 Å². The van der Waals surface area contributed by atoms with Gasteiger partial charge in [-0.05, 0) is 67.1 Å². The van der Waals surface area contributed by atoms with Crippen molar-refractivity contribution in [2.75, 3.05) is 32.8 Å². The van der Waals surface area contributed by atoms with Gasteiger partial charge in [-0.25, -0.2) is 4.98 Å². The van der Waals surface area contributed by atoms with Gasteiger partial charge in [0.2, 0.25) is 17.7 Å². The van der Waals surface area contributed by atoms with Gasteiger partial charge in [0.1, 0.15) is 17.8 Å². The van der Waals surface area contributed by atoms with Crippen LogP contribution in [0.3, 0.4) is 0 Å². The second kappa shape index (κ2) is 15.7. The van der Waals surface area contributed by atoms with E-state index in [0.29, 0.717) is 11.3 Å². The summed E-state index contributed by atoms with van der Waals surface area (Å²) < 4.78 is 6.83. The molecule has 14 heteroatoms. The summed E-state index contributed by atoms with van der Waals surface area (Å²) in [7, 11) is 0. The zero-order chi connectivity index (χ0) is 37.1. The van der Waals surface area contributed by atoms with E-state index in [1.165, 1.54) is 23.2 Å². The normalized spacial score (nSPS) is 23.6. The van der Waals surface area contributed by atoms with Crippen molar-refractivity contribution in [2.45, 2.75) is 56.3 Å². The SMILES string of the molecule is C[C@@H](O)[C@@H]1NC(=O)COc2cccc(c2)[C@H]2CN(C(=O)c3ccc4scnc4c3)C[C@@H]2NC(=O)[C@H](Cc2ccccc2)NC(=O)CN(CC2CC2)C1=O. The summed E-state index contributed by atoms with van der Waals surface area (Å²) >= 11 is 1.49. The van der Waals surface area contributed by atoms with Crippen molar-refractivity contribution in [1.29, 1.82) is 0 Å². The van der Waals surface area contributed by atoms with E-state index in [9.17, 15) is 29.1 Å². The number of nitrogens with one attached hydrogen (secondary N) is 3. The first kappa shape index (κ1) is 36.0. The van der Waals surface area contributed by atoms with Gasteiger partial charge in [-0.1, -0.05) is 42.5 Å². The molecule has 2 fully saturated rings. The van der Waals surface area contributed by atoms with Gasteiger partial charge in [0.15, 0.2) is 6.61 Å². The number of fused-ring (bicyclic) bond motifs is 5. The molecule has 5 atom stereocenters. The predicted molar refractivity (Wildman–Crippen MR) is 197 cm³/mol. The number of rotatable bonds is 6. The molecule has 1 saturated carbocycles. The molecule has 4 N–H and O–H groups in total. The standard InChI is InChI=1S/C39H42N6O7S/c1-23(46)36-39(51)44(17-25-10-11-25)20-34(47)41-31(14-24-6-3-2-4-7-24)37(49)42-32-19-45(38(50)27-12-13-33-30(16-27)40-22-53-33)18-29(32)26-8-5-9-28(15-26)52-21-35(48)43-36/h2-9,12-13,15-16,22-23,25,29,31-32,36,46H,10-11,14,17-21H2,1H3,(H,41,47)(H,42,49)(H,43,48)/t23-,29-,31+,32+,36+/m1/s1. The maximum Gasteiger partial charge on any atom is 0.258 e. The number of benzene rings is 3. The highest BCUT2D eigenvalue weighted by atomic mass is 32.1. The van der Waals surface area contributed by atoms with Crippen LogP contribution in [0, 0.1) is 5.92 Å². The smallest absolute Gasteiger partial charge is 0.258 e. The first-order valence-electron chi connectivity index (χ1n) is 17.9. The third-order valence-electron chi connectivity index (χ3n) is 9.99. The van der Waals surface area contributed by atoms with Crippen molar-refractivity contribution in [1.82, 2.24) is 30.7 Å². The van der Waals surface area contributed by atoms with Gasteiger partial charge in [-0.2, -0.15) is 0 Å². The summed E-state index contributed by atoms with van der Waals surface area (Å²) in [6, 6.07) is 19.0. The Balaban J connectivity index is 1.21. The summed E-state index contributed by atoms with van der Waals surface area (Å²) in [6.07, 6.45) is 0.711. The zero-order valence-electron chi connectivity index (χ0n) is 29.3. The number of carbonyl (C=O) groups is 5. The number of hydrogen-bond donors (Lipinski definition) is 4. The molecular weight excluding hydrogens is 697 g/mol. The molecule has 4 aromatic rings. The van der Waals surface area contributed by atoms with E-state index < -0.39 is 54.5 Å². The Morgan fingerprint density at radius 1 is 0.962 bits per heavy atom. The van der Waals surface area contributed by atoms with Crippen LogP contribution < -0.4 is 20.7 Å². The van der Waals surface area contributed by atoms with E-state index in [1.807, 2.05) is 42.5 Å². The zero-order valence-corrected chi connectivity index (χ0v) is 30.1. The molecule has 1 aliphatic carbocycles. The molecule has 0 unspecified atom stereocenters. The van der Waals surface area contributed by atoms with Crippen LogP contribution >= 0.6 is 11.3 Å².